The van der Waals surface area contributed by atoms with Gasteiger partial charge in [-0.05, 0) is 67.3 Å². The standard InChI is InChI=1S/C26H26N4O4/c31-17-20-14-18-5-7-21(8-6-18)33-12-1-2-13-34-22-9-10-24-19(15-22)16-28-30(24)25-23(26(32)29-20)4-3-11-27-25/h3-11,15-16,20,31H,1-2,12-14,17H2,(H,29,32). The van der Waals surface area contributed by atoms with Gasteiger partial charge >= 0.3 is 0 Å². The van der Waals surface area contributed by atoms with Gasteiger partial charge in [0.2, 0.25) is 0 Å². The first kappa shape index (κ1) is 21.9. The van der Waals surface area contributed by atoms with Crippen LogP contribution in [0.15, 0.2) is 67.0 Å². The molecule has 1 amide bonds. The molecule has 0 fully saturated rings. The molecule has 2 aromatic heterocycles. The zero-order valence-corrected chi connectivity index (χ0v) is 18.7. The molecule has 8 rings (SSSR count). The van der Waals surface area contributed by atoms with Crippen LogP contribution in [0.25, 0.3) is 16.7 Å². The summed E-state index contributed by atoms with van der Waals surface area (Å²) in [5, 5.41) is 18.2. The van der Waals surface area contributed by atoms with Crippen molar-refractivity contribution in [2.45, 2.75) is 25.3 Å². The molecule has 0 aliphatic carbocycles. The minimum Gasteiger partial charge on any atom is -0.494 e. The van der Waals surface area contributed by atoms with Crippen molar-refractivity contribution in [3.8, 4) is 17.3 Å². The summed E-state index contributed by atoms with van der Waals surface area (Å²) in [6, 6.07) is 16.4. The molecule has 0 radical (unpaired) electrons. The molecule has 0 saturated carbocycles. The van der Waals surface area contributed by atoms with E-state index < -0.39 is 6.04 Å². The SMILES string of the molecule is O=C1NC(CO)Cc2ccc(cc2)OCCCCOc2ccc3c(cnn3-c3ncccc31)c2. The Bertz CT molecular complexity index is 1290. The fraction of sp³-hybridized carbons (Fsp3) is 0.269. The fourth-order valence-electron chi connectivity index (χ4n) is 4.03. The quantitative estimate of drug-likeness (QED) is 0.454. The third-order valence-electron chi connectivity index (χ3n) is 5.81. The van der Waals surface area contributed by atoms with E-state index in [0.29, 0.717) is 31.0 Å². The van der Waals surface area contributed by atoms with Crippen LogP contribution in [0.2, 0.25) is 0 Å². The number of pyridine rings is 1. The second kappa shape index (κ2) is 9.93. The van der Waals surface area contributed by atoms with Crippen LogP contribution >= 0.6 is 0 Å². The summed E-state index contributed by atoms with van der Waals surface area (Å²) < 4.78 is 13.4. The summed E-state index contributed by atoms with van der Waals surface area (Å²) in [6.45, 7) is 1.01. The molecule has 0 spiro atoms. The number of aliphatic hydroxyl groups excluding tert-OH is 1. The summed E-state index contributed by atoms with van der Waals surface area (Å²) >= 11 is 0. The number of nitrogens with zero attached hydrogens (tertiary/aromatic N) is 3. The van der Waals surface area contributed by atoms with E-state index in [0.717, 1.165) is 40.8 Å². The number of ether oxygens (including phenoxy) is 2. The molecular weight excluding hydrogens is 432 g/mol. The van der Waals surface area contributed by atoms with E-state index >= 15 is 0 Å². The average molecular weight is 459 g/mol. The van der Waals surface area contributed by atoms with Crippen LogP contribution in [0, 0.1) is 0 Å². The number of carbonyl (C=O) groups is 1. The summed E-state index contributed by atoms with van der Waals surface area (Å²) in [5.74, 6) is 1.66. The zero-order chi connectivity index (χ0) is 23.3. The van der Waals surface area contributed by atoms with Crippen molar-refractivity contribution in [2.75, 3.05) is 19.8 Å². The number of rotatable bonds is 1. The molecular formula is C26H26N4O4. The number of benzene rings is 2. The van der Waals surface area contributed by atoms with Gasteiger partial charge in [0.1, 0.15) is 11.5 Å². The Morgan fingerprint density at radius 2 is 1.79 bits per heavy atom. The van der Waals surface area contributed by atoms with Crippen molar-refractivity contribution in [3.05, 3.63) is 78.1 Å². The highest BCUT2D eigenvalue weighted by molar-refractivity contribution is 5.98. The smallest absolute Gasteiger partial charge is 0.255 e. The Balaban J connectivity index is 1.50. The zero-order valence-electron chi connectivity index (χ0n) is 18.7. The Kier molecular flexibility index (Phi) is 6.40. The van der Waals surface area contributed by atoms with Crippen molar-refractivity contribution < 1.29 is 19.4 Å². The van der Waals surface area contributed by atoms with Crippen molar-refractivity contribution in [1.29, 1.82) is 0 Å². The predicted molar refractivity (Wildman–Crippen MR) is 128 cm³/mol. The number of hydrogen-bond donors (Lipinski definition) is 2. The van der Waals surface area contributed by atoms with Gasteiger partial charge in [-0.3, -0.25) is 4.79 Å². The number of aromatic nitrogens is 3. The van der Waals surface area contributed by atoms with Crippen molar-refractivity contribution in [3.63, 3.8) is 0 Å². The Morgan fingerprint density at radius 3 is 2.59 bits per heavy atom. The Hall–Kier alpha value is -3.91. The third-order valence-corrected chi connectivity index (χ3v) is 5.81. The van der Waals surface area contributed by atoms with Crippen LogP contribution < -0.4 is 14.8 Å². The highest BCUT2D eigenvalue weighted by atomic mass is 16.5. The van der Waals surface area contributed by atoms with Crippen molar-refractivity contribution in [2.24, 2.45) is 0 Å². The second-order valence-corrected chi connectivity index (χ2v) is 8.26. The summed E-state index contributed by atoms with van der Waals surface area (Å²) in [4.78, 5) is 17.6. The van der Waals surface area contributed by atoms with Gasteiger partial charge < -0.3 is 19.9 Å². The summed E-state index contributed by atoms with van der Waals surface area (Å²) in [6.07, 6.45) is 5.61. The number of aliphatic hydroxyl groups is 1. The molecule has 2 aromatic carbocycles. The van der Waals surface area contributed by atoms with Gasteiger partial charge in [0, 0.05) is 11.6 Å². The third kappa shape index (κ3) is 4.72. The molecule has 4 aromatic rings. The minimum absolute atomic E-state index is 0.187. The van der Waals surface area contributed by atoms with Crippen molar-refractivity contribution >= 4 is 16.8 Å². The lowest BCUT2D eigenvalue weighted by Crippen LogP contribution is -2.39. The lowest BCUT2D eigenvalue weighted by Gasteiger charge is -2.18. The highest BCUT2D eigenvalue weighted by Gasteiger charge is 2.20. The van der Waals surface area contributed by atoms with Gasteiger partial charge in [-0.1, -0.05) is 12.1 Å². The van der Waals surface area contributed by atoms with Gasteiger partial charge in [0.05, 0.1) is 43.1 Å². The fourth-order valence-corrected chi connectivity index (χ4v) is 4.03. The lowest BCUT2D eigenvalue weighted by molar-refractivity contribution is 0.0916. The first-order chi connectivity index (χ1) is 16.7. The van der Waals surface area contributed by atoms with E-state index in [9.17, 15) is 9.90 Å². The minimum atomic E-state index is -0.449. The maximum absolute atomic E-state index is 13.2. The second-order valence-electron chi connectivity index (χ2n) is 8.26. The number of nitrogens with one attached hydrogen (secondary N) is 1. The molecule has 1 unspecified atom stereocenters. The van der Waals surface area contributed by atoms with Crippen molar-refractivity contribution in [1.82, 2.24) is 20.1 Å². The average Bonchev–Trinajstić information content (AvgIpc) is 3.29. The summed E-state index contributed by atoms with van der Waals surface area (Å²) in [5.41, 5.74) is 2.19. The summed E-state index contributed by atoms with van der Waals surface area (Å²) in [7, 11) is 0. The van der Waals surface area contributed by atoms with Crippen LogP contribution in [0.5, 0.6) is 11.5 Å². The van der Waals surface area contributed by atoms with E-state index in [1.165, 1.54) is 0 Å². The monoisotopic (exact) mass is 458 g/mol. The number of hydrogen-bond acceptors (Lipinski definition) is 6. The van der Waals surface area contributed by atoms with Crippen LogP contribution in [-0.4, -0.2) is 51.6 Å². The van der Waals surface area contributed by atoms with E-state index in [1.807, 2.05) is 42.5 Å². The number of amides is 1. The van der Waals surface area contributed by atoms with Crippen LogP contribution in [0.3, 0.4) is 0 Å². The van der Waals surface area contributed by atoms with Crippen LogP contribution in [0.1, 0.15) is 28.8 Å². The first-order valence-electron chi connectivity index (χ1n) is 11.4. The molecule has 6 bridgehead atoms. The molecule has 2 N–H and O–H groups in total. The number of carbonyl (C=O) groups excluding carboxylic acids is 1. The van der Waals surface area contributed by atoms with Gasteiger partial charge in [-0.25, -0.2) is 9.67 Å². The van der Waals surface area contributed by atoms with Crippen LogP contribution in [-0.2, 0) is 6.42 Å². The van der Waals surface area contributed by atoms with E-state index in [1.54, 1.807) is 29.2 Å². The Labute approximate surface area is 197 Å². The van der Waals surface area contributed by atoms with Gasteiger partial charge in [-0.15, -0.1) is 0 Å². The molecule has 174 valence electrons. The Morgan fingerprint density at radius 1 is 1.03 bits per heavy atom. The van der Waals surface area contributed by atoms with Gasteiger partial charge in [0.25, 0.3) is 5.91 Å². The molecule has 1 atom stereocenters. The van der Waals surface area contributed by atoms with Gasteiger partial charge in [-0.2, -0.15) is 5.10 Å². The predicted octanol–water partition coefficient (Wildman–Crippen LogP) is 3.31. The maximum Gasteiger partial charge on any atom is 0.255 e. The topological polar surface area (TPSA) is 98.5 Å². The molecule has 6 heterocycles. The van der Waals surface area contributed by atoms with E-state index in [-0.39, 0.29) is 12.5 Å². The lowest BCUT2D eigenvalue weighted by atomic mass is 10.1. The molecule has 4 aliphatic rings. The molecule has 34 heavy (non-hydrogen) atoms. The normalized spacial score (nSPS) is 17.0. The van der Waals surface area contributed by atoms with E-state index in [2.05, 4.69) is 15.4 Å². The van der Waals surface area contributed by atoms with Gasteiger partial charge in [0.15, 0.2) is 5.82 Å². The van der Waals surface area contributed by atoms with Crippen LogP contribution in [0.4, 0.5) is 0 Å². The maximum atomic E-state index is 13.2. The highest BCUT2D eigenvalue weighted by Crippen LogP contribution is 2.24. The molecule has 0 saturated heterocycles. The molecule has 8 heteroatoms. The molecule has 4 aliphatic heterocycles. The van der Waals surface area contributed by atoms with E-state index in [4.69, 9.17) is 9.47 Å². The molecule has 8 nitrogen and oxygen atoms in total. The first-order valence-corrected chi connectivity index (χ1v) is 11.4. The largest absolute Gasteiger partial charge is 0.494 e.